The van der Waals surface area contributed by atoms with E-state index in [1.807, 2.05) is 0 Å². The van der Waals surface area contributed by atoms with Gasteiger partial charge in [-0.05, 0) is 61.3 Å². The summed E-state index contributed by atoms with van der Waals surface area (Å²) in [5.41, 5.74) is 6.40. The number of hydrogen-bond acceptors (Lipinski definition) is 0. The monoisotopic (exact) mass is 304 g/mol. The van der Waals surface area contributed by atoms with E-state index < -0.39 is 0 Å². The first-order valence-corrected chi connectivity index (χ1v) is 8.62. The fourth-order valence-electron chi connectivity index (χ4n) is 3.11. The first-order chi connectivity index (χ1) is 11.2. The van der Waals surface area contributed by atoms with Crippen LogP contribution in [-0.4, -0.2) is 0 Å². The predicted octanol–water partition coefficient (Wildman–Crippen LogP) is 6.98. The van der Waals surface area contributed by atoms with E-state index >= 15 is 0 Å². The summed E-state index contributed by atoms with van der Waals surface area (Å²) in [5.74, 6) is 0.535. The van der Waals surface area contributed by atoms with Gasteiger partial charge in [-0.1, -0.05) is 79.8 Å². The van der Waals surface area contributed by atoms with Gasteiger partial charge in [-0.15, -0.1) is 0 Å². The van der Waals surface area contributed by atoms with Gasteiger partial charge in [0.2, 0.25) is 0 Å². The highest BCUT2D eigenvalue weighted by Gasteiger charge is 2.20. The summed E-state index contributed by atoms with van der Waals surface area (Å²) in [4.78, 5) is 0. The van der Waals surface area contributed by atoms with E-state index in [-0.39, 0.29) is 0 Å². The van der Waals surface area contributed by atoms with Crippen LogP contribution in [0.3, 0.4) is 0 Å². The van der Waals surface area contributed by atoms with E-state index in [0.717, 1.165) is 19.3 Å². The third-order valence-electron chi connectivity index (χ3n) is 4.35. The Morgan fingerprint density at radius 1 is 1.26 bits per heavy atom. The molecule has 0 heteroatoms. The van der Waals surface area contributed by atoms with Gasteiger partial charge in [0.05, 0.1) is 0 Å². The second kappa shape index (κ2) is 8.53. The van der Waals surface area contributed by atoms with Gasteiger partial charge < -0.3 is 0 Å². The van der Waals surface area contributed by atoms with E-state index in [0.29, 0.717) is 5.92 Å². The molecule has 1 aliphatic carbocycles. The zero-order chi connectivity index (χ0) is 16.7. The Morgan fingerprint density at radius 2 is 2.04 bits per heavy atom. The van der Waals surface area contributed by atoms with E-state index in [2.05, 4.69) is 88.1 Å². The SMILES string of the molecule is C=C(C1=CC(C)=CCC1CC=CCC)c1ccccc1/C=C\C. The van der Waals surface area contributed by atoms with E-state index in [4.69, 9.17) is 0 Å². The first kappa shape index (κ1) is 17.3. The third kappa shape index (κ3) is 4.45. The Kier molecular flexibility index (Phi) is 6.40. The molecule has 0 heterocycles. The molecule has 120 valence electrons. The molecule has 0 saturated carbocycles. The molecule has 1 atom stereocenters. The average molecular weight is 304 g/mol. The van der Waals surface area contributed by atoms with Gasteiger partial charge in [0.1, 0.15) is 0 Å². The maximum atomic E-state index is 4.45. The number of benzene rings is 1. The van der Waals surface area contributed by atoms with Crippen LogP contribution in [0.15, 0.2) is 72.4 Å². The molecule has 0 aromatic heterocycles. The molecule has 0 amide bonds. The zero-order valence-corrected chi connectivity index (χ0v) is 14.7. The van der Waals surface area contributed by atoms with Crippen molar-refractivity contribution in [3.05, 3.63) is 83.5 Å². The van der Waals surface area contributed by atoms with Crippen molar-refractivity contribution in [1.82, 2.24) is 0 Å². The summed E-state index contributed by atoms with van der Waals surface area (Å²) in [7, 11) is 0. The van der Waals surface area contributed by atoms with Gasteiger partial charge in [-0.3, -0.25) is 0 Å². The molecule has 0 fully saturated rings. The van der Waals surface area contributed by atoms with Crippen LogP contribution >= 0.6 is 0 Å². The maximum absolute atomic E-state index is 4.45. The largest absolute Gasteiger partial charge is 0.0908 e. The topological polar surface area (TPSA) is 0 Å². The molecule has 0 spiro atoms. The first-order valence-electron chi connectivity index (χ1n) is 8.62. The van der Waals surface area contributed by atoms with E-state index in [9.17, 15) is 0 Å². The van der Waals surface area contributed by atoms with Crippen molar-refractivity contribution in [2.24, 2.45) is 5.92 Å². The van der Waals surface area contributed by atoms with Crippen molar-refractivity contribution >= 4 is 11.6 Å². The normalized spacial score (nSPS) is 18.3. The summed E-state index contributed by atoms with van der Waals surface area (Å²) in [5, 5.41) is 0. The summed E-state index contributed by atoms with van der Waals surface area (Å²) in [6.07, 6.45) is 16.8. The van der Waals surface area contributed by atoms with Crippen LogP contribution in [0.25, 0.3) is 11.6 Å². The Hall–Kier alpha value is -2.08. The lowest BCUT2D eigenvalue weighted by molar-refractivity contribution is 0.640. The lowest BCUT2D eigenvalue weighted by Gasteiger charge is -2.25. The second-order valence-electron chi connectivity index (χ2n) is 6.16. The zero-order valence-electron chi connectivity index (χ0n) is 14.7. The predicted molar refractivity (Wildman–Crippen MR) is 104 cm³/mol. The number of rotatable bonds is 6. The van der Waals surface area contributed by atoms with Crippen molar-refractivity contribution in [3.63, 3.8) is 0 Å². The molecule has 1 aromatic carbocycles. The average Bonchev–Trinajstić information content (AvgIpc) is 2.56. The van der Waals surface area contributed by atoms with Crippen molar-refractivity contribution in [2.45, 2.75) is 40.0 Å². The Balaban J connectivity index is 2.34. The van der Waals surface area contributed by atoms with E-state index in [1.54, 1.807) is 0 Å². The highest BCUT2D eigenvalue weighted by atomic mass is 14.2. The van der Waals surface area contributed by atoms with Crippen LogP contribution in [0.5, 0.6) is 0 Å². The van der Waals surface area contributed by atoms with Crippen molar-refractivity contribution in [1.29, 1.82) is 0 Å². The lowest BCUT2D eigenvalue weighted by atomic mass is 9.80. The Morgan fingerprint density at radius 3 is 2.78 bits per heavy atom. The van der Waals surface area contributed by atoms with Crippen LogP contribution in [0.1, 0.15) is 51.2 Å². The molecular weight excluding hydrogens is 276 g/mol. The van der Waals surface area contributed by atoms with Gasteiger partial charge in [-0.25, -0.2) is 0 Å². The molecule has 0 N–H and O–H groups in total. The highest BCUT2D eigenvalue weighted by Crippen LogP contribution is 2.37. The van der Waals surface area contributed by atoms with Crippen LogP contribution in [0, 0.1) is 5.92 Å². The van der Waals surface area contributed by atoms with Crippen LogP contribution in [0.4, 0.5) is 0 Å². The minimum atomic E-state index is 0.535. The molecule has 1 aliphatic rings. The van der Waals surface area contributed by atoms with Crippen LogP contribution in [0.2, 0.25) is 0 Å². The number of allylic oxidation sites excluding steroid dienone is 8. The van der Waals surface area contributed by atoms with Crippen molar-refractivity contribution < 1.29 is 0 Å². The maximum Gasteiger partial charge on any atom is -0.00866 e. The molecule has 0 radical (unpaired) electrons. The smallest absolute Gasteiger partial charge is 0.00866 e. The highest BCUT2D eigenvalue weighted by molar-refractivity contribution is 5.83. The molecule has 0 saturated heterocycles. The van der Waals surface area contributed by atoms with Crippen LogP contribution in [-0.2, 0) is 0 Å². The third-order valence-corrected chi connectivity index (χ3v) is 4.35. The Bertz CT molecular complexity index is 665. The van der Waals surface area contributed by atoms with Gasteiger partial charge in [0.15, 0.2) is 0 Å². The summed E-state index contributed by atoms with van der Waals surface area (Å²) < 4.78 is 0. The standard InChI is InChI=1S/C23H28/c1-5-7-8-12-21-16-15-18(3)17-23(21)19(4)22-14-10-9-13-20(22)11-6-2/h6-11,13-15,17,21H,4-5,12,16H2,1-3H3/b8-7?,11-6-. The quantitative estimate of drug-likeness (QED) is 0.497. The fourth-order valence-corrected chi connectivity index (χ4v) is 3.11. The van der Waals surface area contributed by atoms with Gasteiger partial charge >= 0.3 is 0 Å². The van der Waals surface area contributed by atoms with Crippen molar-refractivity contribution in [2.75, 3.05) is 0 Å². The molecule has 0 nitrogen and oxygen atoms in total. The molecule has 1 aromatic rings. The summed E-state index contributed by atoms with van der Waals surface area (Å²) in [6, 6.07) is 8.54. The van der Waals surface area contributed by atoms with Gasteiger partial charge in [-0.2, -0.15) is 0 Å². The second-order valence-corrected chi connectivity index (χ2v) is 6.16. The molecule has 0 aliphatic heterocycles. The van der Waals surface area contributed by atoms with Crippen LogP contribution < -0.4 is 0 Å². The molecular formula is C23H28. The Labute approximate surface area is 141 Å². The minimum Gasteiger partial charge on any atom is -0.0908 e. The lowest BCUT2D eigenvalue weighted by Crippen LogP contribution is -2.09. The van der Waals surface area contributed by atoms with Gasteiger partial charge in [0.25, 0.3) is 0 Å². The number of hydrogen-bond donors (Lipinski definition) is 0. The molecule has 0 bridgehead atoms. The molecule has 2 rings (SSSR count). The fraction of sp³-hybridized carbons (Fsp3) is 0.304. The van der Waals surface area contributed by atoms with Crippen molar-refractivity contribution in [3.8, 4) is 0 Å². The summed E-state index contributed by atoms with van der Waals surface area (Å²) >= 11 is 0. The van der Waals surface area contributed by atoms with Gasteiger partial charge in [0, 0.05) is 0 Å². The van der Waals surface area contributed by atoms with E-state index in [1.165, 1.54) is 27.8 Å². The summed E-state index contributed by atoms with van der Waals surface area (Å²) in [6.45, 7) is 10.9. The minimum absolute atomic E-state index is 0.535. The molecule has 1 unspecified atom stereocenters. The molecule has 23 heavy (non-hydrogen) atoms.